The van der Waals surface area contributed by atoms with Gasteiger partial charge >= 0.3 is 6.09 Å². The minimum Gasteiger partial charge on any atom is -0.442 e. The van der Waals surface area contributed by atoms with Crippen molar-refractivity contribution in [2.75, 3.05) is 45.9 Å². The summed E-state index contributed by atoms with van der Waals surface area (Å²) >= 11 is 0. The number of carbonyl (C=O) groups excluding carboxylic acids is 2. The van der Waals surface area contributed by atoms with Gasteiger partial charge < -0.3 is 19.3 Å². The molecule has 0 aromatic carbocycles. The molecule has 162 valence electrons. The van der Waals surface area contributed by atoms with E-state index in [2.05, 4.69) is 4.90 Å². The Morgan fingerprint density at radius 3 is 2.55 bits per heavy atom. The zero-order chi connectivity index (χ0) is 20.5. The number of ether oxygens (including phenoxy) is 2. The molecule has 3 heterocycles. The summed E-state index contributed by atoms with van der Waals surface area (Å²) in [5, 5.41) is 0. The van der Waals surface area contributed by atoms with Crippen LogP contribution in [-0.2, 0) is 14.3 Å². The van der Waals surface area contributed by atoms with Gasteiger partial charge in [-0.15, -0.1) is 0 Å². The maximum Gasteiger partial charge on any atom is 0.410 e. The largest absolute Gasteiger partial charge is 0.442 e. The monoisotopic (exact) mass is 409 g/mol. The molecule has 0 radical (unpaired) electrons. The molecule has 1 saturated carbocycles. The van der Waals surface area contributed by atoms with E-state index in [4.69, 9.17) is 9.47 Å². The number of nitrogens with zero attached hydrogens (tertiary/aromatic N) is 3. The maximum atomic E-state index is 14.9. The first kappa shape index (κ1) is 20.6. The summed E-state index contributed by atoms with van der Waals surface area (Å²) in [4.78, 5) is 30.6. The highest BCUT2D eigenvalue weighted by atomic mass is 19.1. The van der Waals surface area contributed by atoms with Crippen molar-refractivity contribution in [3.05, 3.63) is 11.1 Å². The summed E-state index contributed by atoms with van der Waals surface area (Å²) in [6, 6.07) is -0.198. The Balaban J connectivity index is 1.31. The summed E-state index contributed by atoms with van der Waals surface area (Å²) in [7, 11) is 0. The van der Waals surface area contributed by atoms with E-state index in [1.165, 1.54) is 0 Å². The third-order valence-corrected chi connectivity index (χ3v) is 6.77. The van der Waals surface area contributed by atoms with Crippen LogP contribution in [0, 0.1) is 0 Å². The minimum absolute atomic E-state index is 0.0503. The van der Waals surface area contributed by atoms with E-state index >= 15 is 0 Å². The first-order valence-corrected chi connectivity index (χ1v) is 10.8. The molecule has 3 aliphatic heterocycles. The molecule has 4 aliphatic rings. The lowest BCUT2D eigenvalue weighted by Crippen LogP contribution is -2.53. The van der Waals surface area contributed by atoms with Crippen molar-refractivity contribution in [1.82, 2.24) is 14.7 Å². The number of hydrogen-bond acceptors (Lipinski definition) is 5. The van der Waals surface area contributed by atoms with Crippen molar-refractivity contribution >= 4 is 12.0 Å². The predicted molar refractivity (Wildman–Crippen MR) is 105 cm³/mol. The van der Waals surface area contributed by atoms with Gasteiger partial charge in [0.25, 0.3) is 0 Å². The number of amides is 2. The van der Waals surface area contributed by atoms with E-state index in [1.807, 2.05) is 13.8 Å². The molecule has 4 rings (SSSR count). The molecule has 0 bridgehead atoms. The van der Waals surface area contributed by atoms with Crippen LogP contribution in [0.1, 0.15) is 39.5 Å². The number of hydrogen-bond donors (Lipinski definition) is 0. The Morgan fingerprint density at radius 2 is 1.90 bits per heavy atom. The quantitative estimate of drug-likeness (QED) is 0.665. The fourth-order valence-electron chi connectivity index (χ4n) is 5.15. The van der Waals surface area contributed by atoms with Gasteiger partial charge in [0.2, 0.25) is 5.91 Å². The van der Waals surface area contributed by atoms with Crippen LogP contribution in [0.25, 0.3) is 0 Å². The van der Waals surface area contributed by atoms with Gasteiger partial charge in [-0.05, 0) is 33.1 Å². The Labute approximate surface area is 171 Å². The average Bonchev–Trinajstić information content (AvgIpc) is 3.25. The van der Waals surface area contributed by atoms with Crippen molar-refractivity contribution in [2.45, 2.75) is 63.9 Å². The standard InChI is InChI=1S/C21H32FN3O4/c1-14(2)17-5-6-24(20(17)26)12-16-13-25(21(27)29-16)15-3-4-19(18(22)11-15)23-7-9-28-10-8-23/h15-16,18-19H,3-13H2,1-2H3/t15?,16-,18?,19?/m0/s1. The molecular weight excluding hydrogens is 377 g/mol. The molecule has 4 atom stereocenters. The van der Waals surface area contributed by atoms with Crippen LogP contribution in [0.2, 0.25) is 0 Å². The summed E-state index contributed by atoms with van der Waals surface area (Å²) < 4.78 is 25.8. The number of alkyl halides is 1. The summed E-state index contributed by atoms with van der Waals surface area (Å²) in [6.07, 6.45) is 0.988. The second-order valence-corrected chi connectivity index (χ2v) is 8.84. The van der Waals surface area contributed by atoms with Crippen LogP contribution in [-0.4, -0.2) is 97.0 Å². The summed E-state index contributed by atoms with van der Waals surface area (Å²) in [6.45, 7) is 8.32. The van der Waals surface area contributed by atoms with Crippen molar-refractivity contribution in [3.8, 4) is 0 Å². The van der Waals surface area contributed by atoms with Crippen LogP contribution in [0.5, 0.6) is 0 Å². The van der Waals surface area contributed by atoms with Gasteiger partial charge in [0.05, 0.1) is 26.3 Å². The molecule has 2 amide bonds. The first-order valence-electron chi connectivity index (χ1n) is 10.8. The Bertz CT molecular complexity index is 675. The molecule has 0 N–H and O–H groups in total. The average molecular weight is 410 g/mol. The predicted octanol–water partition coefficient (Wildman–Crippen LogP) is 1.97. The number of carbonyl (C=O) groups is 2. The molecule has 7 nitrogen and oxygen atoms in total. The van der Waals surface area contributed by atoms with Crippen molar-refractivity contribution in [3.63, 3.8) is 0 Å². The SMILES string of the molecule is CC(C)=C1CCN(C[C@H]2CN(C3CCC(N4CCOCC4)C(F)C3)C(=O)O2)C1=O. The lowest BCUT2D eigenvalue weighted by Gasteiger charge is -2.42. The molecule has 3 saturated heterocycles. The third kappa shape index (κ3) is 4.28. The number of halogens is 1. The fraction of sp³-hybridized carbons (Fsp3) is 0.810. The highest BCUT2D eigenvalue weighted by Crippen LogP contribution is 2.32. The van der Waals surface area contributed by atoms with Crippen LogP contribution >= 0.6 is 0 Å². The number of rotatable bonds is 4. The van der Waals surface area contributed by atoms with Gasteiger partial charge in [-0.3, -0.25) is 9.69 Å². The van der Waals surface area contributed by atoms with E-state index in [9.17, 15) is 14.0 Å². The normalized spacial score (nSPS) is 34.1. The maximum absolute atomic E-state index is 14.9. The summed E-state index contributed by atoms with van der Waals surface area (Å²) in [5.74, 6) is 0.0503. The van der Waals surface area contributed by atoms with E-state index in [0.717, 1.165) is 43.5 Å². The first-order chi connectivity index (χ1) is 13.9. The highest BCUT2D eigenvalue weighted by Gasteiger charge is 2.43. The Kier molecular flexibility index (Phi) is 6.11. The lowest BCUT2D eigenvalue weighted by molar-refractivity contribution is -0.125. The zero-order valence-electron chi connectivity index (χ0n) is 17.4. The lowest BCUT2D eigenvalue weighted by atomic mass is 9.87. The van der Waals surface area contributed by atoms with Crippen molar-refractivity contribution in [2.24, 2.45) is 0 Å². The number of likely N-dealkylation sites (tertiary alicyclic amines) is 1. The van der Waals surface area contributed by atoms with E-state index in [1.54, 1.807) is 9.80 Å². The zero-order valence-corrected chi connectivity index (χ0v) is 17.4. The molecular formula is C21H32FN3O4. The van der Waals surface area contributed by atoms with Crippen molar-refractivity contribution in [1.29, 1.82) is 0 Å². The summed E-state index contributed by atoms with van der Waals surface area (Å²) in [5.41, 5.74) is 1.92. The molecule has 0 spiro atoms. The van der Waals surface area contributed by atoms with Gasteiger partial charge in [0, 0.05) is 43.7 Å². The van der Waals surface area contributed by atoms with Crippen molar-refractivity contribution < 1.29 is 23.5 Å². The van der Waals surface area contributed by atoms with Crippen LogP contribution in [0.4, 0.5) is 9.18 Å². The second kappa shape index (κ2) is 8.60. The topological polar surface area (TPSA) is 62.3 Å². The molecule has 1 aliphatic carbocycles. The van der Waals surface area contributed by atoms with Gasteiger partial charge in [0.1, 0.15) is 12.3 Å². The van der Waals surface area contributed by atoms with E-state index in [0.29, 0.717) is 39.3 Å². The highest BCUT2D eigenvalue weighted by molar-refractivity contribution is 5.96. The molecule has 29 heavy (non-hydrogen) atoms. The molecule has 4 fully saturated rings. The van der Waals surface area contributed by atoms with Crippen LogP contribution in [0.3, 0.4) is 0 Å². The second-order valence-electron chi connectivity index (χ2n) is 8.84. The molecule has 3 unspecified atom stereocenters. The Hall–Kier alpha value is -1.67. The number of morpholine rings is 1. The molecule has 0 aromatic rings. The van der Waals surface area contributed by atoms with E-state index in [-0.39, 0.29) is 30.2 Å². The van der Waals surface area contributed by atoms with Crippen LogP contribution in [0.15, 0.2) is 11.1 Å². The van der Waals surface area contributed by atoms with Gasteiger partial charge in [0.15, 0.2) is 0 Å². The van der Waals surface area contributed by atoms with Crippen LogP contribution < -0.4 is 0 Å². The smallest absolute Gasteiger partial charge is 0.410 e. The molecule has 0 aromatic heterocycles. The number of cyclic esters (lactones) is 1. The Morgan fingerprint density at radius 1 is 1.14 bits per heavy atom. The molecule has 8 heteroatoms. The fourth-order valence-corrected chi connectivity index (χ4v) is 5.15. The van der Waals surface area contributed by atoms with Gasteiger partial charge in [-0.1, -0.05) is 5.57 Å². The van der Waals surface area contributed by atoms with E-state index < -0.39 is 6.17 Å². The minimum atomic E-state index is -0.945. The van der Waals surface area contributed by atoms with Gasteiger partial charge in [-0.25, -0.2) is 9.18 Å². The number of allylic oxidation sites excluding steroid dienone is 1. The third-order valence-electron chi connectivity index (χ3n) is 6.77. The van der Waals surface area contributed by atoms with Gasteiger partial charge in [-0.2, -0.15) is 0 Å².